The second-order valence-corrected chi connectivity index (χ2v) is 4.46. The van der Waals surface area contributed by atoms with E-state index in [4.69, 9.17) is 9.26 Å². The molecule has 5 heteroatoms. The number of hydrogen-bond donors (Lipinski definition) is 0. The molecule has 3 rings (SSSR count). The molecule has 3 aromatic rings. The third-order valence-electron chi connectivity index (χ3n) is 2.96. The van der Waals surface area contributed by atoms with Crippen LogP contribution in [0, 0.1) is 18.6 Å². The van der Waals surface area contributed by atoms with E-state index in [-0.39, 0.29) is 5.75 Å². The lowest BCUT2D eigenvalue weighted by Gasteiger charge is -2.07. The van der Waals surface area contributed by atoms with Gasteiger partial charge in [0.05, 0.1) is 0 Å². The van der Waals surface area contributed by atoms with E-state index in [9.17, 15) is 8.78 Å². The summed E-state index contributed by atoms with van der Waals surface area (Å²) in [6.07, 6.45) is 0. The molecule has 0 aliphatic carbocycles. The van der Waals surface area contributed by atoms with E-state index in [1.807, 2.05) is 30.3 Å². The van der Waals surface area contributed by atoms with Crippen LogP contribution in [-0.4, -0.2) is 5.16 Å². The first-order chi connectivity index (χ1) is 10.1. The van der Waals surface area contributed by atoms with Gasteiger partial charge in [0, 0.05) is 18.6 Å². The minimum atomic E-state index is -0.783. The molecule has 0 saturated carbocycles. The van der Waals surface area contributed by atoms with Crippen LogP contribution < -0.4 is 4.74 Å². The Hall–Kier alpha value is -2.69. The first-order valence-corrected chi connectivity index (χ1v) is 6.30. The Morgan fingerprint density at radius 3 is 2.52 bits per heavy atom. The monoisotopic (exact) mass is 287 g/mol. The highest BCUT2D eigenvalue weighted by atomic mass is 19.1. The van der Waals surface area contributed by atoms with E-state index in [0.717, 1.165) is 17.7 Å². The summed E-state index contributed by atoms with van der Waals surface area (Å²) in [6, 6.07) is 12.4. The number of hydrogen-bond acceptors (Lipinski definition) is 3. The largest absolute Gasteiger partial charge is 0.448 e. The van der Waals surface area contributed by atoms with Crippen molar-refractivity contribution in [2.75, 3.05) is 0 Å². The average molecular weight is 287 g/mol. The smallest absolute Gasteiger partial charge is 0.197 e. The highest BCUT2D eigenvalue weighted by molar-refractivity contribution is 5.67. The predicted octanol–water partition coefficient (Wildman–Crippen LogP) is 4.72. The van der Waals surface area contributed by atoms with Gasteiger partial charge in [-0.2, -0.15) is 0 Å². The summed E-state index contributed by atoms with van der Waals surface area (Å²) in [4.78, 5) is 0. The molecule has 0 atom stereocenters. The van der Waals surface area contributed by atoms with Gasteiger partial charge >= 0.3 is 0 Å². The van der Waals surface area contributed by atoms with Crippen LogP contribution in [0.5, 0.6) is 11.5 Å². The number of halogens is 2. The molecule has 0 saturated heterocycles. The lowest BCUT2D eigenvalue weighted by atomic mass is 10.1. The lowest BCUT2D eigenvalue weighted by Crippen LogP contribution is -1.91. The SMILES string of the molecule is Cc1onc(-c2ccccc2)c1Oc1ccc(F)cc1F. The Morgan fingerprint density at radius 1 is 1.05 bits per heavy atom. The minimum Gasteiger partial charge on any atom is -0.448 e. The van der Waals surface area contributed by atoms with Crippen molar-refractivity contribution in [3.63, 3.8) is 0 Å². The zero-order valence-electron chi connectivity index (χ0n) is 11.1. The fourth-order valence-corrected chi connectivity index (χ4v) is 1.93. The molecule has 3 nitrogen and oxygen atoms in total. The van der Waals surface area contributed by atoms with Gasteiger partial charge in [-0.15, -0.1) is 0 Å². The van der Waals surface area contributed by atoms with E-state index in [1.165, 1.54) is 6.07 Å². The van der Waals surface area contributed by atoms with E-state index in [0.29, 0.717) is 17.2 Å². The summed E-state index contributed by atoms with van der Waals surface area (Å²) in [5.41, 5.74) is 1.25. The zero-order chi connectivity index (χ0) is 14.8. The van der Waals surface area contributed by atoms with Gasteiger partial charge in [-0.3, -0.25) is 0 Å². The van der Waals surface area contributed by atoms with Crippen molar-refractivity contribution in [3.8, 4) is 22.8 Å². The van der Waals surface area contributed by atoms with Crippen molar-refractivity contribution < 1.29 is 18.0 Å². The van der Waals surface area contributed by atoms with Crippen LogP contribution in [0.15, 0.2) is 53.1 Å². The molecular formula is C16H11F2NO2. The molecule has 0 N–H and O–H groups in total. The Labute approximate surface area is 119 Å². The topological polar surface area (TPSA) is 35.3 Å². The third kappa shape index (κ3) is 2.63. The lowest BCUT2D eigenvalue weighted by molar-refractivity contribution is 0.382. The number of aromatic nitrogens is 1. The van der Waals surface area contributed by atoms with Gasteiger partial charge in [0.2, 0.25) is 0 Å². The molecule has 0 unspecified atom stereocenters. The molecule has 21 heavy (non-hydrogen) atoms. The molecule has 106 valence electrons. The molecule has 0 fully saturated rings. The van der Waals surface area contributed by atoms with Crippen molar-refractivity contribution in [2.45, 2.75) is 6.92 Å². The van der Waals surface area contributed by atoms with Crippen LogP contribution >= 0.6 is 0 Å². The van der Waals surface area contributed by atoms with Gasteiger partial charge < -0.3 is 9.26 Å². The number of nitrogens with zero attached hydrogens (tertiary/aromatic N) is 1. The number of benzene rings is 2. The van der Waals surface area contributed by atoms with Gasteiger partial charge in [-0.1, -0.05) is 35.5 Å². The summed E-state index contributed by atoms with van der Waals surface area (Å²) < 4.78 is 37.3. The maximum absolute atomic E-state index is 13.7. The summed E-state index contributed by atoms with van der Waals surface area (Å²) in [5.74, 6) is -0.802. The number of aryl methyl sites for hydroxylation is 1. The summed E-state index contributed by atoms with van der Waals surface area (Å²) >= 11 is 0. The Balaban J connectivity index is 2.01. The van der Waals surface area contributed by atoms with Gasteiger partial charge in [0.15, 0.2) is 28.8 Å². The summed E-state index contributed by atoms with van der Waals surface area (Å²) in [5, 5.41) is 3.93. The van der Waals surface area contributed by atoms with E-state index >= 15 is 0 Å². The van der Waals surface area contributed by atoms with Crippen LogP contribution in [0.1, 0.15) is 5.76 Å². The molecule has 0 aliphatic heterocycles. The molecule has 0 bridgehead atoms. The fourth-order valence-electron chi connectivity index (χ4n) is 1.93. The van der Waals surface area contributed by atoms with E-state index in [2.05, 4.69) is 5.16 Å². The Bertz CT molecular complexity index is 769. The molecule has 0 aliphatic rings. The van der Waals surface area contributed by atoms with Crippen LogP contribution in [0.25, 0.3) is 11.3 Å². The third-order valence-corrected chi connectivity index (χ3v) is 2.96. The van der Waals surface area contributed by atoms with E-state index in [1.54, 1.807) is 6.92 Å². The van der Waals surface area contributed by atoms with Crippen molar-refractivity contribution in [2.24, 2.45) is 0 Å². The standard InChI is InChI=1S/C16H11F2NO2/c1-10-16(20-14-8-7-12(17)9-13(14)18)15(19-21-10)11-5-3-2-4-6-11/h2-9H,1H3. The quantitative estimate of drug-likeness (QED) is 0.699. The van der Waals surface area contributed by atoms with Crippen molar-refractivity contribution >= 4 is 0 Å². The molecule has 1 aromatic heterocycles. The van der Waals surface area contributed by atoms with Crippen molar-refractivity contribution in [1.82, 2.24) is 5.16 Å². The average Bonchev–Trinajstić information content (AvgIpc) is 2.84. The maximum Gasteiger partial charge on any atom is 0.197 e. The Morgan fingerprint density at radius 2 is 1.81 bits per heavy atom. The number of rotatable bonds is 3. The molecule has 0 spiro atoms. The first kappa shape index (κ1) is 13.3. The molecule has 1 heterocycles. The normalized spacial score (nSPS) is 10.6. The molecule has 2 aromatic carbocycles. The van der Waals surface area contributed by atoms with Crippen LogP contribution in [0.4, 0.5) is 8.78 Å². The Kier molecular flexibility index (Phi) is 3.39. The highest BCUT2D eigenvalue weighted by Crippen LogP contribution is 2.36. The fraction of sp³-hybridized carbons (Fsp3) is 0.0625. The molecule has 0 radical (unpaired) electrons. The molecule has 0 amide bonds. The molecular weight excluding hydrogens is 276 g/mol. The highest BCUT2D eigenvalue weighted by Gasteiger charge is 2.18. The van der Waals surface area contributed by atoms with Crippen molar-refractivity contribution in [1.29, 1.82) is 0 Å². The van der Waals surface area contributed by atoms with Crippen LogP contribution in [0.3, 0.4) is 0 Å². The minimum absolute atomic E-state index is 0.0834. The second kappa shape index (κ2) is 5.36. The van der Waals surface area contributed by atoms with Crippen LogP contribution in [-0.2, 0) is 0 Å². The van der Waals surface area contributed by atoms with Gasteiger partial charge in [0.25, 0.3) is 0 Å². The van der Waals surface area contributed by atoms with Gasteiger partial charge in [-0.25, -0.2) is 8.78 Å². The van der Waals surface area contributed by atoms with Crippen molar-refractivity contribution in [3.05, 3.63) is 65.9 Å². The zero-order valence-corrected chi connectivity index (χ0v) is 11.1. The predicted molar refractivity (Wildman–Crippen MR) is 73.1 cm³/mol. The first-order valence-electron chi connectivity index (χ1n) is 6.30. The maximum atomic E-state index is 13.7. The second-order valence-electron chi connectivity index (χ2n) is 4.46. The summed E-state index contributed by atoms with van der Waals surface area (Å²) in [6.45, 7) is 1.66. The summed E-state index contributed by atoms with van der Waals surface area (Å²) in [7, 11) is 0. The van der Waals surface area contributed by atoms with Gasteiger partial charge in [0.1, 0.15) is 5.82 Å². The number of ether oxygens (including phenoxy) is 1. The van der Waals surface area contributed by atoms with Crippen LogP contribution in [0.2, 0.25) is 0 Å². The van der Waals surface area contributed by atoms with E-state index < -0.39 is 11.6 Å². The van der Waals surface area contributed by atoms with Gasteiger partial charge in [-0.05, 0) is 12.1 Å².